The third-order valence-electron chi connectivity index (χ3n) is 7.62. The number of anilines is 2. The van der Waals surface area contributed by atoms with E-state index in [1.165, 1.54) is 27.9 Å². The molecule has 0 spiro atoms. The predicted molar refractivity (Wildman–Crippen MR) is 145 cm³/mol. The minimum atomic E-state index is -0.277. The van der Waals surface area contributed by atoms with Crippen molar-refractivity contribution >= 4 is 17.4 Å². The number of amides is 1. The summed E-state index contributed by atoms with van der Waals surface area (Å²) in [6, 6.07) is 15.1. The Labute approximate surface area is 213 Å². The van der Waals surface area contributed by atoms with Crippen LogP contribution >= 0.6 is 0 Å². The van der Waals surface area contributed by atoms with E-state index < -0.39 is 0 Å². The number of carbonyl (C=O) groups is 1. The number of hydrogen-bond acceptors (Lipinski definition) is 6. The molecule has 0 bridgehead atoms. The molecule has 5 rings (SSSR count). The molecule has 1 unspecified atom stereocenters. The summed E-state index contributed by atoms with van der Waals surface area (Å²) in [6.07, 6.45) is 0.883. The number of benzene rings is 2. The number of nitrogens with zero attached hydrogens (tertiary/aromatic N) is 5. The van der Waals surface area contributed by atoms with Gasteiger partial charge in [0.2, 0.25) is 5.91 Å². The number of nitrogens with two attached hydrogens (primary N) is 1. The standard InChI is InChI=1S/C29H36N6O/c1-19-8-5-6-11-25(19)34-13-12-24-23(17-34)29(35-15-14-33(18-26(30)36)22(4)16-35)32-28(31-24)27-20(2)9-7-10-21(27)3/h5-11,22H,12-18H2,1-4H3,(H2,30,36). The summed E-state index contributed by atoms with van der Waals surface area (Å²) in [5, 5.41) is 0. The molecular weight excluding hydrogens is 448 g/mol. The van der Waals surface area contributed by atoms with Crippen molar-refractivity contribution in [2.75, 3.05) is 42.5 Å². The third kappa shape index (κ3) is 4.67. The highest BCUT2D eigenvalue weighted by molar-refractivity contribution is 5.76. The molecule has 7 heteroatoms. The molecule has 0 saturated carbocycles. The molecule has 0 radical (unpaired) electrons. The summed E-state index contributed by atoms with van der Waals surface area (Å²) in [5.74, 6) is 1.57. The first-order chi connectivity index (χ1) is 17.3. The van der Waals surface area contributed by atoms with Crippen molar-refractivity contribution in [2.24, 2.45) is 5.73 Å². The van der Waals surface area contributed by atoms with Gasteiger partial charge in [0.25, 0.3) is 0 Å². The van der Waals surface area contributed by atoms with Crippen LogP contribution in [0.25, 0.3) is 11.4 Å². The number of primary amides is 1. The molecule has 7 nitrogen and oxygen atoms in total. The van der Waals surface area contributed by atoms with Crippen LogP contribution in [0.4, 0.5) is 11.5 Å². The van der Waals surface area contributed by atoms with E-state index in [-0.39, 0.29) is 11.9 Å². The van der Waals surface area contributed by atoms with Gasteiger partial charge in [-0.25, -0.2) is 9.97 Å². The Morgan fingerprint density at radius 2 is 1.67 bits per heavy atom. The molecule has 3 aromatic rings. The minimum Gasteiger partial charge on any atom is -0.369 e. The molecule has 1 amide bonds. The van der Waals surface area contributed by atoms with Crippen LogP contribution in [0.15, 0.2) is 42.5 Å². The fourth-order valence-electron chi connectivity index (χ4n) is 5.68. The van der Waals surface area contributed by atoms with Gasteiger partial charge in [0.1, 0.15) is 5.82 Å². The summed E-state index contributed by atoms with van der Waals surface area (Å²) in [6.45, 7) is 13.0. The van der Waals surface area contributed by atoms with Crippen molar-refractivity contribution in [3.8, 4) is 11.4 Å². The lowest BCUT2D eigenvalue weighted by molar-refractivity contribution is -0.119. The molecule has 0 aliphatic carbocycles. The van der Waals surface area contributed by atoms with Gasteiger partial charge in [-0.05, 0) is 50.5 Å². The van der Waals surface area contributed by atoms with Crippen LogP contribution in [0, 0.1) is 20.8 Å². The molecule has 1 saturated heterocycles. The fraction of sp³-hybridized carbons (Fsp3) is 0.414. The van der Waals surface area contributed by atoms with E-state index in [0.717, 1.165) is 62.0 Å². The summed E-state index contributed by atoms with van der Waals surface area (Å²) >= 11 is 0. The molecule has 2 aliphatic rings. The van der Waals surface area contributed by atoms with Crippen molar-refractivity contribution < 1.29 is 4.79 Å². The number of carbonyl (C=O) groups excluding carboxylic acids is 1. The van der Waals surface area contributed by atoms with Crippen molar-refractivity contribution in [1.82, 2.24) is 14.9 Å². The average Bonchev–Trinajstić information content (AvgIpc) is 2.84. The zero-order valence-electron chi connectivity index (χ0n) is 21.8. The number of rotatable bonds is 5. The number of para-hydroxylation sites is 1. The second-order valence-electron chi connectivity index (χ2n) is 10.3. The SMILES string of the molecule is Cc1ccccc1N1CCc2nc(-c3c(C)cccc3C)nc(N3CCN(CC(N)=O)C(C)C3)c2C1. The van der Waals surface area contributed by atoms with Crippen LogP contribution in [0.1, 0.15) is 34.9 Å². The molecular formula is C29H36N6O. The number of fused-ring (bicyclic) bond motifs is 1. The van der Waals surface area contributed by atoms with Gasteiger partial charge in [-0.3, -0.25) is 9.69 Å². The van der Waals surface area contributed by atoms with Crippen LogP contribution < -0.4 is 15.5 Å². The highest BCUT2D eigenvalue weighted by atomic mass is 16.1. The molecule has 1 aromatic heterocycles. The zero-order chi connectivity index (χ0) is 25.4. The summed E-state index contributed by atoms with van der Waals surface area (Å²) in [5.41, 5.74) is 13.9. The Hall–Kier alpha value is -3.45. The first kappa shape index (κ1) is 24.3. The Kier molecular flexibility index (Phi) is 6.67. The number of piperazine rings is 1. The third-order valence-corrected chi connectivity index (χ3v) is 7.62. The van der Waals surface area contributed by atoms with Gasteiger partial charge in [-0.2, -0.15) is 0 Å². The predicted octanol–water partition coefficient (Wildman–Crippen LogP) is 3.63. The number of hydrogen-bond donors (Lipinski definition) is 1. The van der Waals surface area contributed by atoms with Gasteiger partial charge < -0.3 is 15.5 Å². The lowest BCUT2D eigenvalue weighted by Crippen LogP contribution is -2.54. The van der Waals surface area contributed by atoms with E-state index in [9.17, 15) is 4.79 Å². The average molecular weight is 485 g/mol. The highest BCUT2D eigenvalue weighted by Gasteiger charge is 2.31. The zero-order valence-corrected chi connectivity index (χ0v) is 21.8. The number of aromatic nitrogens is 2. The van der Waals surface area contributed by atoms with Crippen LogP contribution in [0.3, 0.4) is 0 Å². The second kappa shape index (κ2) is 9.90. The Bertz CT molecular complexity index is 1270. The van der Waals surface area contributed by atoms with Gasteiger partial charge in [0.15, 0.2) is 5.82 Å². The maximum Gasteiger partial charge on any atom is 0.231 e. The summed E-state index contributed by atoms with van der Waals surface area (Å²) in [4.78, 5) is 29.0. The van der Waals surface area contributed by atoms with E-state index in [0.29, 0.717) is 6.54 Å². The van der Waals surface area contributed by atoms with Gasteiger partial charge >= 0.3 is 0 Å². The number of aryl methyl sites for hydroxylation is 3. The summed E-state index contributed by atoms with van der Waals surface area (Å²) in [7, 11) is 0. The van der Waals surface area contributed by atoms with Crippen molar-refractivity contribution in [3.05, 3.63) is 70.4 Å². The van der Waals surface area contributed by atoms with Crippen LogP contribution in [-0.2, 0) is 17.8 Å². The maximum atomic E-state index is 11.6. The molecule has 2 aromatic carbocycles. The lowest BCUT2D eigenvalue weighted by atomic mass is 9.99. The monoisotopic (exact) mass is 484 g/mol. The largest absolute Gasteiger partial charge is 0.369 e. The van der Waals surface area contributed by atoms with E-state index in [1.807, 2.05) is 0 Å². The minimum absolute atomic E-state index is 0.205. The van der Waals surface area contributed by atoms with E-state index in [1.54, 1.807) is 0 Å². The van der Waals surface area contributed by atoms with Gasteiger partial charge in [0.05, 0.1) is 12.2 Å². The quantitative estimate of drug-likeness (QED) is 0.596. The van der Waals surface area contributed by atoms with E-state index >= 15 is 0 Å². The second-order valence-corrected chi connectivity index (χ2v) is 10.3. The Balaban J connectivity index is 1.56. The summed E-state index contributed by atoms with van der Waals surface area (Å²) < 4.78 is 0. The van der Waals surface area contributed by atoms with Crippen LogP contribution in [0.5, 0.6) is 0 Å². The first-order valence-corrected chi connectivity index (χ1v) is 12.9. The normalized spacial score (nSPS) is 18.3. The topological polar surface area (TPSA) is 78.6 Å². The fourth-order valence-corrected chi connectivity index (χ4v) is 5.68. The van der Waals surface area contributed by atoms with Gasteiger partial charge in [0, 0.05) is 62.0 Å². The molecule has 1 fully saturated rings. The molecule has 188 valence electrons. The van der Waals surface area contributed by atoms with E-state index in [4.69, 9.17) is 15.7 Å². The van der Waals surface area contributed by atoms with Crippen molar-refractivity contribution in [1.29, 1.82) is 0 Å². The lowest BCUT2D eigenvalue weighted by Gasteiger charge is -2.41. The van der Waals surface area contributed by atoms with Crippen molar-refractivity contribution in [2.45, 2.75) is 46.7 Å². The van der Waals surface area contributed by atoms with Crippen molar-refractivity contribution in [3.63, 3.8) is 0 Å². The van der Waals surface area contributed by atoms with Gasteiger partial charge in [-0.15, -0.1) is 0 Å². The van der Waals surface area contributed by atoms with Gasteiger partial charge in [-0.1, -0.05) is 36.4 Å². The molecule has 2 aliphatic heterocycles. The molecule has 36 heavy (non-hydrogen) atoms. The Morgan fingerprint density at radius 3 is 2.36 bits per heavy atom. The highest BCUT2D eigenvalue weighted by Crippen LogP contribution is 2.35. The molecule has 2 N–H and O–H groups in total. The maximum absolute atomic E-state index is 11.6. The Morgan fingerprint density at radius 1 is 0.944 bits per heavy atom. The van der Waals surface area contributed by atoms with Crippen LogP contribution in [-0.4, -0.2) is 59.5 Å². The smallest absolute Gasteiger partial charge is 0.231 e. The van der Waals surface area contributed by atoms with E-state index in [2.05, 4.69) is 84.9 Å². The molecule has 1 atom stereocenters. The van der Waals surface area contributed by atoms with Crippen LogP contribution in [0.2, 0.25) is 0 Å². The molecule has 3 heterocycles. The first-order valence-electron chi connectivity index (χ1n) is 12.9.